The Kier molecular flexibility index (Phi) is 4.28. The molecular weight excluding hydrogens is 308 g/mol. The van der Waals surface area contributed by atoms with Crippen molar-refractivity contribution in [2.75, 3.05) is 13.2 Å². The van der Waals surface area contributed by atoms with Gasteiger partial charge < -0.3 is 5.11 Å². The van der Waals surface area contributed by atoms with Crippen molar-refractivity contribution in [2.24, 2.45) is 0 Å². The van der Waals surface area contributed by atoms with E-state index < -0.39 is 21.0 Å². The van der Waals surface area contributed by atoms with Crippen molar-refractivity contribution in [1.29, 1.82) is 0 Å². The molecule has 1 N–H and O–H groups in total. The SMILES string of the molecule is O=[N+]([O-])c1ccc(S(=O)(=O)N2CCC[C@H]2CO)c(Cl)c1. The summed E-state index contributed by atoms with van der Waals surface area (Å²) in [6.45, 7) is 0.0463. The maximum absolute atomic E-state index is 12.5. The molecule has 0 spiro atoms. The van der Waals surface area contributed by atoms with E-state index in [4.69, 9.17) is 11.6 Å². The van der Waals surface area contributed by atoms with Crippen LogP contribution in [-0.4, -0.2) is 41.9 Å². The topological polar surface area (TPSA) is 101 Å². The van der Waals surface area contributed by atoms with Crippen molar-refractivity contribution in [2.45, 2.75) is 23.8 Å². The first-order valence-corrected chi connectivity index (χ1v) is 7.76. The molecule has 1 aromatic carbocycles. The van der Waals surface area contributed by atoms with Gasteiger partial charge in [0.2, 0.25) is 10.0 Å². The van der Waals surface area contributed by atoms with Gasteiger partial charge in [0.15, 0.2) is 0 Å². The highest BCUT2D eigenvalue weighted by Gasteiger charge is 2.36. The summed E-state index contributed by atoms with van der Waals surface area (Å²) in [5, 5.41) is 19.6. The van der Waals surface area contributed by atoms with Crippen LogP contribution in [0, 0.1) is 10.1 Å². The molecule has 9 heteroatoms. The number of nitro benzene ring substituents is 1. The maximum atomic E-state index is 12.5. The fraction of sp³-hybridized carbons (Fsp3) is 0.455. The third-order valence-electron chi connectivity index (χ3n) is 3.25. The Morgan fingerprint density at radius 3 is 2.75 bits per heavy atom. The van der Waals surface area contributed by atoms with Crippen molar-refractivity contribution in [1.82, 2.24) is 4.31 Å². The Bertz CT molecular complexity index is 634. The van der Waals surface area contributed by atoms with Gasteiger partial charge in [0.05, 0.1) is 16.6 Å². The number of aliphatic hydroxyl groups is 1. The zero-order valence-electron chi connectivity index (χ0n) is 10.4. The molecule has 7 nitrogen and oxygen atoms in total. The van der Waals surface area contributed by atoms with Gasteiger partial charge in [-0.25, -0.2) is 8.42 Å². The van der Waals surface area contributed by atoms with E-state index in [0.29, 0.717) is 19.4 Å². The number of nitrogens with zero attached hydrogens (tertiary/aromatic N) is 2. The van der Waals surface area contributed by atoms with E-state index in [9.17, 15) is 23.6 Å². The molecule has 1 aliphatic rings. The van der Waals surface area contributed by atoms with Crippen LogP contribution in [0.2, 0.25) is 5.02 Å². The van der Waals surface area contributed by atoms with Gasteiger partial charge in [0.25, 0.3) is 5.69 Å². The maximum Gasteiger partial charge on any atom is 0.271 e. The van der Waals surface area contributed by atoms with Crippen LogP contribution in [-0.2, 0) is 10.0 Å². The van der Waals surface area contributed by atoms with Crippen molar-refractivity contribution in [3.63, 3.8) is 0 Å². The van der Waals surface area contributed by atoms with E-state index in [-0.39, 0.29) is 22.2 Å². The van der Waals surface area contributed by atoms with Crippen LogP contribution < -0.4 is 0 Å². The lowest BCUT2D eigenvalue weighted by molar-refractivity contribution is -0.384. The third-order valence-corrected chi connectivity index (χ3v) is 5.68. The minimum absolute atomic E-state index is 0.176. The predicted molar refractivity (Wildman–Crippen MR) is 72.1 cm³/mol. The Labute approximate surface area is 121 Å². The van der Waals surface area contributed by atoms with Gasteiger partial charge in [-0.1, -0.05) is 11.6 Å². The highest BCUT2D eigenvalue weighted by atomic mass is 35.5. The molecule has 1 aromatic rings. The normalized spacial score (nSPS) is 20.2. The summed E-state index contributed by atoms with van der Waals surface area (Å²) in [6, 6.07) is 2.77. The Morgan fingerprint density at radius 2 is 2.20 bits per heavy atom. The second-order valence-corrected chi connectivity index (χ2v) is 6.73. The van der Waals surface area contributed by atoms with E-state index in [0.717, 1.165) is 18.2 Å². The van der Waals surface area contributed by atoms with Gasteiger partial charge in [-0.2, -0.15) is 4.31 Å². The molecular formula is C11H13ClN2O5S. The number of non-ortho nitro benzene ring substituents is 1. The zero-order chi connectivity index (χ0) is 14.9. The largest absolute Gasteiger partial charge is 0.395 e. The summed E-state index contributed by atoms with van der Waals surface area (Å²) in [5.41, 5.74) is -0.269. The second-order valence-electron chi connectivity index (χ2n) is 4.47. The molecule has 1 aliphatic heterocycles. The average Bonchev–Trinajstić information content (AvgIpc) is 2.87. The first kappa shape index (κ1) is 15.2. The molecule has 2 rings (SSSR count). The molecule has 1 fully saturated rings. The molecule has 0 radical (unpaired) electrons. The van der Waals surface area contributed by atoms with Crippen molar-refractivity contribution in [3.8, 4) is 0 Å². The average molecular weight is 321 g/mol. The van der Waals surface area contributed by atoms with Crippen LogP contribution in [0.15, 0.2) is 23.1 Å². The summed E-state index contributed by atoms with van der Waals surface area (Å²) in [4.78, 5) is 9.80. The van der Waals surface area contributed by atoms with Crippen molar-refractivity contribution >= 4 is 27.3 Å². The monoisotopic (exact) mass is 320 g/mol. The smallest absolute Gasteiger partial charge is 0.271 e. The quantitative estimate of drug-likeness (QED) is 0.667. The highest BCUT2D eigenvalue weighted by Crippen LogP contribution is 2.32. The number of aliphatic hydroxyl groups excluding tert-OH is 1. The molecule has 1 heterocycles. The van der Waals surface area contributed by atoms with Crippen LogP contribution in [0.4, 0.5) is 5.69 Å². The van der Waals surface area contributed by atoms with Gasteiger partial charge in [0.1, 0.15) is 4.90 Å². The zero-order valence-corrected chi connectivity index (χ0v) is 12.0. The number of nitro groups is 1. The summed E-state index contributed by atoms with van der Waals surface area (Å²) >= 11 is 5.85. The summed E-state index contributed by atoms with van der Waals surface area (Å²) in [5.74, 6) is 0. The molecule has 0 unspecified atom stereocenters. The second kappa shape index (κ2) is 5.65. The molecule has 0 aliphatic carbocycles. The summed E-state index contributed by atoms with van der Waals surface area (Å²) in [7, 11) is -3.85. The molecule has 0 amide bonds. The first-order chi connectivity index (χ1) is 9.37. The van der Waals surface area contributed by atoms with Crippen LogP contribution >= 0.6 is 11.6 Å². The van der Waals surface area contributed by atoms with Gasteiger partial charge in [-0.15, -0.1) is 0 Å². The number of halogens is 1. The standard InChI is InChI=1S/C11H13ClN2O5S/c12-10-6-8(14(16)17)3-4-11(10)20(18,19)13-5-1-2-9(13)7-15/h3-4,6,9,15H,1-2,5,7H2/t9-/m0/s1. The van der Waals surface area contributed by atoms with Crippen molar-refractivity contribution in [3.05, 3.63) is 33.3 Å². The Morgan fingerprint density at radius 1 is 1.50 bits per heavy atom. The molecule has 110 valence electrons. The number of hydrogen-bond donors (Lipinski definition) is 1. The highest BCUT2D eigenvalue weighted by molar-refractivity contribution is 7.89. The molecule has 20 heavy (non-hydrogen) atoms. The van der Waals surface area contributed by atoms with E-state index in [2.05, 4.69) is 0 Å². The third kappa shape index (κ3) is 2.64. The minimum atomic E-state index is -3.85. The van der Waals surface area contributed by atoms with Gasteiger partial charge in [-0.3, -0.25) is 10.1 Å². The van der Waals surface area contributed by atoms with Crippen LogP contribution in [0.5, 0.6) is 0 Å². The number of sulfonamides is 1. The van der Waals surface area contributed by atoms with E-state index in [1.54, 1.807) is 0 Å². The molecule has 0 bridgehead atoms. The lowest BCUT2D eigenvalue weighted by Crippen LogP contribution is -2.37. The van der Waals surface area contributed by atoms with E-state index in [1.165, 1.54) is 4.31 Å². The number of benzene rings is 1. The number of rotatable bonds is 4. The molecule has 1 saturated heterocycles. The number of hydrogen-bond acceptors (Lipinski definition) is 5. The fourth-order valence-corrected chi connectivity index (χ4v) is 4.45. The lowest BCUT2D eigenvalue weighted by atomic mass is 10.2. The van der Waals surface area contributed by atoms with Crippen LogP contribution in [0.1, 0.15) is 12.8 Å². The fourth-order valence-electron chi connectivity index (χ4n) is 2.25. The van der Waals surface area contributed by atoms with Crippen LogP contribution in [0.25, 0.3) is 0 Å². The van der Waals surface area contributed by atoms with Crippen molar-refractivity contribution < 1.29 is 18.4 Å². The van der Waals surface area contributed by atoms with Gasteiger partial charge in [-0.05, 0) is 18.9 Å². The Hall–Kier alpha value is -1.22. The lowest BCUT2D eigenvalue weighted by Gasteiger charge is -2.22. The molecule has 0 aromatic heterocycles. The summed E-state index contributed by atoms with van der Waals surface area (Å²) in [6.07, 6.45) is 1.25. The Balaban J connectivity index is 2.42. The van der Waals surface area contributed by atoms with E-state index in [1.807, 2.05) is 0 Å². The summed E-state index contributed by atoms with van der Waals surface area (Å²) < 4.78 is 26.1. The van der Waals surface area contributed by atoms with Crippen LogP contribution in [0.3, 0.4) is 0 Å². The first-order valence-electron chi connectivity index (χ1n) is 5.94. The molecule has 1 atom stereocenters. The predicted octanol–water partition coefficient (Wildman–Crippen LogP) is 1.39. The minimum Gasteiger partial charge on any atom is -0.395 e. The van der Waals surface area contributed by atoms with Gasteiger partial charge >= 0.3 is 0 Å². The van der Waals surface area contributed by atoms with Gasteiger partial charge in [0, 0.05) is 24.7 Å². The molecule has 0 saturated carbocycles. The van der Waals surface area contributed by atoms with E-state index >= 15 is 0 Å².